The molecule has 1 aliphatic rings. The fourth-order valence-electron chi connectivity index (χ4n) is 2.10. The second kappa shape index (κ2) is 4.57. The van der Waals surface area contributed by atoms with Crippen LogP contribution in [0.2, 0.25) is 0 Å². The molecule has 19 heavy (non-hydrogen) atoms. The Hall–Kier alpha value is -2.62. The van der Waals surface area contributed by atoms with E-state index in [0.29, 0.717) is 23.5 Å². The van der Waals surface area contributed by atoms with Gasteiger partial charge in [-0.3, -0.25) is 4.79 Å². The number of rotatable bonds is 1. The van der Waals surface area contributed by atoms with E-state index in [0.717, 1.165) is 11.3 Å². The lowest BCUT2D eigenvalue weighted by Crippen LogP contribution is -2.28. The third-order valence-electron chi connectivity index (χ3n) is 3.08. The molecule has 0 aliphatic carbocycles. The van der Waals surface area contributed by atoms with Crippen molar-refractivity contribution in [3.05, 3.63) is 59.7 Å². The molecule has 0 unspecified atom stereocenters. The zero-order valence-electron chi connectivity index (χ0n) is 10.3. The molecule has 0 radical (unpaired) electrons. The van der Waals surface area contributed by atoms with Gasteiger partial charge < -0.3 is 11.1 Å². The van der Waals surface area contributed by atoms with Gasteiger partial charge in [-0.1, -0.05) is 36.4 Å². The summed E-state index contributed by atoms with van der Waals surface area (Å²) in [7, 11) is 0. The highest BCUT2D eigenvalue weighted by molar-refractivity contribution is 6.12. The zero-order valence-corrected chi connectivity index (χ0v) is 10.3. The van der Waals surface area contributed by atoms with Crippen molar-refractivity contribution >= 4 is 23.0 Å². The van der Waals surface area contributed by atoms with Gasteiger partial charge in [0.2, 0.25) is 0 Å². The van der Waals surface area contributed by atoms with Crippen LogP contribution in [-0.2, 0) is 0 Å². The standard InChI is InChI=1S/C15H13N3O/c16-12-8-4-7-11-14(12)18-13(9-17-15(11)19)10-5-2-1-3-6-10/h1-8H,9,16H2,(H,17,19). The average Bonchev–Trinajstić information content (AvgIpc) is 2.61. The Morgan fingerprint density at radius 3 is 2.63 bits per heavy atom. The van der Waals surface area contributed by atoms with E-state index in [-0.39, 0.29) is 5.91 Å². The predicted octanol–water partition coefficient (Wildman–Crippen LogP) is 2.13. The van der Waals surface area contributed by atoms with E-state index >= 15 is 0 Å². The molecule has 0 atom stereocenters. The van der Waals surface area contributed by atoms with Crippen LogP contribution >= 0.6 is 0 Å². The second-order valence-corrected chi connectivity index (χ2v) is 4.35. The quantitative estimate of drug-likeness (QED) is 0.762. The number of nitrogen functional groups attached to an aromatic ring is 1. The number of nitrogens with two attached hydrogens (primary N) is 1. The number of fused-ring (bicyclic) bond motifs is 1. The fourth-order valence-corrected chi connectivity index (χ4v) is 2.10. The van der Waals surface area contributed by atoms with Crippen molar-refractivity contribution in [2.24, 2.45) is 4.99 Å². The maximum atomic E-state index is 12.0. The molecule has 4 heteroatoms. The Bertz CT molecular complexity index is 662. The first-order valence-electron chi connectivity index (χ1n) is 6.05. The number of nitrogens with one attached hydrogen (secondary N) is 1. The van der Waals surface area contributed by atoms with Crippen molar-refractivity contribution < 1.29 is 4.79 Å². The first kappa shape index (κ1) is 11.5. The number of carbonyl (C=O) groups is 1. The Labute approximate surface area is 111 Å². The molecule has 94 valence electrons. The molecule has 2 aromatic carbocycles. The summed E-state index contributed by atoms with van der Waals surface area (Å²) in [5.41, 5.74) is 9.31. The van der Waals surface area contributed by atoms with Gasteiger partial charge in [0.05, 0.1) is 29.2 Å². The van der Waals surface area contributed by atoms with Gasteiger partial charge >= 0.3 is 0 Å². The molecule has 1 amide bonds. The summed E-state index contributed by atoms with van der Waals surface area (Å²) in [5.74, 6) is -0.142. The van der Waals surface area contributed by atoms with E-state index in [1.54, 1.807) is 18.2 Å². The highest BCUT2D eigenvalue weighted by atomic mass is 16.1. The number of amides is 1. The molecule has 3 rings (SSSR count). The number of hydrogen-bond donors (Lipinski definition) is 2. The lowest BCUT2D eigenvalue weighted by Gasteiger charge is -2.04. The third-order valence-corrected chi connectivity index (χ3v) is 3.08. The van der Waals surface area contributed by atoms with Crippen LogP contribution in [0.1, 0.15) is 15.9 Å². The Morgan fingerprint density at radius 2 is 1.84 bits per heavy atom. The zero-order chi connectivity index (χ0) is 13.2. The summed E-state index contributed by atoms with van der Waals surface area (Å²) in [5, 5.41) is 2.85. The van der Waals surface area contributed by atoms with E-state index < -0.39 is 0 Å². The highest BCUT2D eigenvalue weighted by Gasteiger charge is 2.18. The van der Waals surface area contributed by atoms with Gasteiger partial charge in [-0.25, -0.2) is 4.99 Å². The number of aliphatic imine (C=N–C) groups is 1. The molecule has 3 N–H and O–H groups in total. The molecule has 1 aliphatic heterocycles. The minimum Gasteiger partial charge on any atom is -0.397 e. The molecule has 0 spiro atoms. The van der Waals surface area contributed by atoms with Gasteiger partial charge in [0.15, 0.2) is 0 Å². The van der Waals surface area contributed by atoms with Gasteiger partial charge in [0.25, 0.3) is 5.91 Å². The molecular weight excluding hydrogens is 238 g/mol. The molecule has 0 aromatic heterocycles. The number of carbonyl (C=O) groups excluding carboxylic acids is 1. The summed E-state index contributed by atoms with van der Waals surface area (Å²) in [6, 6.07) is 15.0. The van der Waals surface area contributed by atoms with Crippen LogP contribution in [0.5, 0.6) is 0 Å². The summed E-state index contributed by atoms with van der Waals surface area (Å²) in [6.45, 7) is 0.400. The monoisotopic (exact) mass is 251 g/mol. The van der Waals surface area contributed by atoms with Crippen molar-refractivity contribution in [3.8, 4) is 0 Å². The van der Waals surface area contributed by atoms with Gasteiger partial charge in [-0.05, 0) is 17.7 Å². The third kappa shape index (κ3) is 2.08. The van der Waals surface area contributed by atoms with E-state index in [9.17, 15) is 4.79 Å². The fraction of sp³-hybridized carbons (Fsp3) is 0.0667. The molecule has 2 aromatic rings. The highest BCUT2D eigenvalue weighted by Crippen LogP contribution is 2.29. The van der Waals surface area contributed by atoms with Crippen LogP contribution in [0.4, 0.5) is 11.4 Å². The van der Waals surface area contributed by atoms with Crippen molar-refractivity contribution in [1.29, 1.82) is 0 Å². The summed E-state index contributed by atoms with van der Waals surface area (Å²) < 4.78 is 0. The van der Waals surface area contributed by atoms with Gasteiger partial charge in [-0.15, -0.1) is 0 Å². The largest absolute Gasteiger partial charge is 0.397 e. The maximum Gasteiger partial charge on any atom is 0.253 e. The molecule has 1 heterocycles. The molecule has 0 saturated carbocycles. The number of benzene rings is 2. The van der Waals surface area contributed by atoms with Crippen LogP contribution in [0.25, 0.3) is 0 Å². The summed E-state index contributed by atoms with van der Waals surface area (Å²) >= 11 is 0. The normalized spacial score (nSPS) is 14.1. The van der Waals surface area contributed by atoms with E-state index in [1.807, 2.05) is 30.3 Å². The lowest BCUT2D eigenvalue weighted by molar-refractivity contribution is 0.0961. The predicted molar refractivity (Wildman–Crippen MR) is 75.8 cm³/mol. The molecule has 0 fully saturated rings. The van der Waals surface area contributed by atoms with E-state index in [1.165, 1.54) is 0 Å². The van der Waals surface area contributed by atoms with Crippen LogP contribution < -0.4 is 11.1 Å². The minimum absolute atomic E-state index is 0.142. The van der Waals surface area contributed by atoms with Crippen LogP contribution in [0.3, 0.4) is 0 Å². The number of hydrogen-bond acceptors (Lipinski definition) is 3. The van der Waals surface area contributed by atoms with Crippen molar-refractivity contribution in [2.45, 2.75) is 0 Å². The first-order valence-corrected chi connectivity index (χ1v) is 6.05. The van der Waals surface area contributed by atoms with Crippen LogP contribution in [-0.4, -0.2) is 18.2 Å². The van der Waals surface area contributed by atoms with E-state index in [2.05, 4.69) is 10.3 Å². The smallest absolute Gasteiger partial charge is 0.253 e. The SMILES string of the molecule is Nc1cccc2c1N=C(c1ccccc1)CNC2=O. The molecule has 0 bridgehead atoms. The minimum atomic E-state index is -0.142. The van der Waals surface area contributed by atoms with Gasteiger partial charge in [-0.2, -0.15) is 0 Å². The van der Waals surface area contributed by atoms with Crippen molar-refractivity contribution in [1.82, 2.24) is 5.32 Å². The van der Waals surface area contributed by atoms with Crippen molar-refractivity contribution in [3.63, 3.8) is 0 Å². The topological polar surface area (TPSA) is 67.5 Å². The molecular formula is C15H13N3O. The Kier molecular flexibility index (Phi) is 2.76. The summed E-state index contributed by atoms with van der Waals surface area (Å²) in [6.07, 6.45) is 0. The number of para-hydroxylation sites is 1. The summed E-state index contributed by atoms with van der Waals surface area (Å²) in [4.78, 5) is 16.6. The Morgan fingerprint density at radius 1 is 1.05 bits per heavy atom. The van der Waals surface area contributed by atoms with E-state index in [4.69, 9.17) is 5.73 Å². The average molecular weight is 251 g/mol. The Balaban J connectivity index is 2.15. The lowest BCUT2D eigenvalue weighted by atomic mass is 10.1. The number of nitrogens with zero attached hydrogens (tertiary/aromatic N) is 1. The number of anilines is 1. The van der Waals surface area contributed by atoms with Gasteiger partial charge in [0, 0.05) is 0 Å². The van der Waals surface area contributed by atoms with Crippen LogP contribution in [0.15, 0.2) is 53.5 Å². The molecule has 0 saturated heterocycles. The van der Waals surface area contributed by atoms with Crippen molar-refractivity contribution in [2.75, 3.05) is 12.3 Å². The van der Waals surface area contributed by atoms with Crippen LogP contribution in [0, 0.1) is 0 Å². The maximum absolute atomic E-state index is 12.0. The molecule has 4 nitrogen and oxygen atoms in total. The first-order chi connectivity index (χ1) is 9.25. The van der Waals surface area contributed by atoms with Gasteiger partial charge in [0.1, 0.15) is 0 Å². The second-order valence-electron chi connectivity index (χ2n) is 4.35.